The molecule has 4 nitrogen and oxygen atoms in total. The van der Waals surface area contributed by atoms with Crippen LogP contribution in [0.25, 0.3) is 0 Å². The molecule has 4 fully saturated rings. The van der Waals surface area contributed by atoms with Crippen molar-refractivity contribution in [2.24, 2.45) is 23.7 Å². The largest absolute Gasteiger partial charge is 0.387 e. The lowest BCUT2D eigenvalue weighted by molar-refractivity contribution is -0.252. The van der Waals surface area contributed by atoms with Crippen LogP contribution in [0, 0.1) is 23.7 Å². The summed E-state index contributed by atoms with van der Waals surface area (Å²) in [5.41, 5.74) is -2.56. The van der Waals surface area contributed by atoms with Crippen LogP contribution in [-0.2, 0) is 0 Å². The fraction of sp³-hybridized carbons (Fsp3) is 1.00. The number of aliphatic hydroxyl groups excluding tert-OH is 2. The van der Waals surface area contributed by atoms with Gasteiger partial charge in [0.25, 0.3) is 0 Å². The second kappa shape index (κ2) is 11.1. The smallest absolute Gasteiger partial charge is 0.112 e. The maximum atomic E-state index is 12.3. The molecule has 4 rings (SSSR count). The Morgan fingerprint density at radius 1 is 0.375 bits per heavy atom. The molecule has 0 aromatic rings. The lowest BCUT2D eigenvalue weighted by Gasteiger charge is -2.54. The van der Waals surface area contributed by atoms with E-state index in [0.29, 0.717) is 0 Å². The van der Waals surface area contributed by atoms with Gasteiger partial charge < -0.3 is 20.4 Å². The number of aliphatic hydroxyl groups is 4. The SMILES string of the molecule is OC(C(O)C(O)(C1CCCCC1)C1CCCCC1)C(O)(C1CCCCC1)C1CCCCC1. The summed E-state index contributed by atoms with van der Waals surface area (Å²) in [6.07, 6.45) is 18.5. The Bertz CT molecular complexity index is 468. The Morgan fingerprint density at radius 2 is 0.562 bits per heavy atom. The highest BCUT2D eigenvalue weighted by Crippen LogP contribution is 2.50. The van der Waals surface area contributed by atoms with Crippen LogP contribution in [0.3, 0.4) is 0 Å². The van der Waals surface area contributed by atoms with E-state index in [1.807, 2.05) is 0 Å². The van der Waals surface area contributed by atoms with Crippen molar-refractivity contribution >= 4 is 0 Å². The number of hydrogen-bond donors (Lipinski definition) is 4. The summed E-state index contributed by atoms with van der Waals surface area (Å²) in [6, 6.07) is 0. The van der Waals surface area contributed by atoms with E-state index in [1.54, 1.807) is 0 Å². The van der Waals surface area contributed by atoms with E-state index in [4.69, 9.17) is 0 Å². The van der Waals surface area contributed by atoms with E-state index in [1.165, 1.54) is 25.7 Å². The van der Waals surface area contributed by atoms with Crippen LogP contribution in [0.5, 0.6) is 0 Å². The van der Waals surface area contributed by atoms with Crippen molar-refractivity contribution in [3.05, 3.63) is 0 Å². The third kappa shape index (κ3) is 4.81. The van der Waals surface area contributed by atoms with E-state index in [0.717, 1.165) is 103 Å². The van der Waals surface area contributed by atoms with Gasteiger partial charge in [0.1, 0.15) is 12.2 Å². The molecule has 4 heteroatoms. The van der Waals surface area contributed by atoms with Gasteiger partial charge in [0.15, 0.2) is 0 Å². The molecule has 0 spiro atoms. The Morgan fingerprint density at radius 3 is 0.750 bits per heavy atom. The quantitative estimate of drug-likeness (QED) is 0.413. The molecule has 0 aromatic heterocycles. The van der Waals surface area contributed by atoms with Gasteiger partial charge in [-0.2, -0.15) is 0 Å². The second-order valence-corrected chi connectivity index (χ2v) is 12.0. The van der Waals surface area contributed by atoms with Crippen molar-refractivity contribution in [1.82, 2.24) is 0 Å². The highest BCUT2D eigenvalue weighted by Gasteiger charge is 2.59. The van der Waals surface area contributed by atoms with Gasteiger partial charge in [-0.3, -0.25) is 0 Å². The molecule has 2 unspecified atom stereocenters. The Hall–Kier alpha value is -0.160. The maximum Gasteiger partial charge on any atom is 0.112 e. The van der Waals surface area contributed by atoms with Crippen LogP contribution in [-0.4, -0.2) is 43.8 Å². The van der Waals surface area contributed by atoms with Gasteiger partial charge in [-0.25, -0.2) is 0 Å². The number of rotatable bonds is 7. The van der Waals surface area contributed by atoms with Crippen molar-refractivity contribution in [1.29, 1.82) is 0 Å². The van der Waals surface area contributed by atoms with Crippen LogP contribution in [0.4, 0.5) is 0 Å². The first-order valence-corrected chi connectivity index (χ1v) is 14.3. The molecule has 0 aliphatic heterocycles. The third-order valence-electron chi connectivity index (χ3n) is 10.3. The molecule has 4 N–H and O–H groups in total. The fourth-order valence-electron chi connectivity index (χ4n) is 8.40. The van der Waals surface area contributed by atoms with Crippen LogP contribution in [0.1, 0.15) is 128 Å². The van der Waals surface area contributed by atoms with E-state index in [2.05, 4.69) is 0 Å². The monoisotopic (exact) mass is 450 g/mol. The lowest BCUT2D eigenvalue weighted by Crippen LogP contribution is -2.67. The molecule has 4 aliphatic rings. The van der Waals surface area contributed by atoms with E-state index in [9.17, 15) is 20.4 Å². The molecule has 186 valence electrons. The highest BCUT2D eigenvalue weighted by molar-refractivity contribution is 5.09. The second-order valence-electron chi connectivity index (χ2n) is 12.0. The highest BCUT2D eigenvalue weighted by atomic mass is 16.4. The summed E-state index contributed by atoms with van der Waals surface area (Å²) >= 11 is 0. The third-order valence-corrected chi connectivity index (χ3v) is 10.3. The molecular formula is C28H50O4. The van der Waals surface area contributed by atoms with Gasteiger partial charge in [-0.15, -0.1) is 0 Å². The van der Waals surface area contributed by atoms with Gasteiger partial charge in [-0.05, 0) is 75.0 Å². The molecule has 0 radical (unpaired) electrons. The first-order valence-electron chi connectivity index (χ1n) is 14.3. The first-order chi connectivity index (χ1) is 15.5. The topological polar surface area (TPSA) is 80.9 Å². The molecule has 0 bridgehead atoms. The molecule has 4 aliphatic carbocycles. The molecule has 2 atom stereocenters. The first kappa shape index (κ1) is 24.9. The Balaban J connectivity index is 1.65. The summed E-state index contributed by atoms with van der Waals surface area (Å²) in [5.74, 6) is 0.133. The van der Waals surface area contributed by atoms with Crippen molar-refractivity contribution < 1.29 is 20.4 Å². The number of hydrogen-bond acceptors (Lipinski definition) is 4. The summed E-state index contributed by atoms with van der Waals surface area (Å²) < 4.78 is 0. The zero-order chi connectivity index (χ0) is 22.6. The van der Waals surface area contributed by atoms with E-state index < -0.39 is 23.4 Å². The zero-order valence-corrected chi connectivity index (χ0v) is 20.4. The minimum Gasteiger partial charge on any atom is -0.387 e. The average molecular weight is 451 g/mol. The molecule has 0 heterocycles. The molecule has 4 saturated carbocycles. The Kier molecular flexibility index (Phi) is 8.62. The minimum atomic E-state index is -1.28. The Labute approximate surface area is 196 Å². The van der Waals surface area contributed by atoms with Gasteiger partial charge in [0, 0.05) is 0 Å². The zero-order valence-electron chi connectivity index (χ0n) is 20.4. The lowest BCUT2D eigenvalue weighted by atomic mass is 9.58. The summed E-state index contributed by atoms with van der Waals surface area (Å²) in [7, 11) is 0. The molecular weight excluding hydrogens is 400 g/mol. The van der Waals surface area contributed by atoms with Crippen molar-refractivity contribution in [2.45, 2.75) is 152 Å². The van der Waals surface area contributed by atoms with Gasteiger partial charge in [-0.1, -0.05) is 77.0 Å². The molecule has 0 aromatic carbocycles. The van der Waals surface area contributed by atoms with Crippen LogP contribution in [0.15, 0.2) is 0 Å². The maximum absolute atomic E-state index is 12.3. The minimum absolute atomic E-state index is 0.0333. The molecule has 0 amide bonds. The summed E-state index contributed by atoms with van der Waals surface area (Å²) in [6.45, 7) is 0. The van der Waals surface area contributed by atoms with E-state index >= 15 is 0 Å². The summed E-state index contributed by atoms with van der Waals surface area (Å²) in [4.78, 5) is 0. The van der Waals surface area contributed by atoms with Gasteiger partial charge in [0.05, 0.1) is 11.2 Å². The predicted molar refractivity (Wildman–Crippen MR) is 128 cm³/mol. The van der Waals surface area contributed by atoms with Crippen LogP contribution in [0.2, 0.25) is 0 Å². The predicted octanol–water partition coefficient (Wildman–Crippen LogP) is 5.49. The van der Waals surface area contributed by atoms with Gasteiger partial charge in [0.2, 0.25) is 0 Å². The van der Waals surface area contributed by atoms with Gasteiger partial charge >= 0.3 is 0 Å². The normalized spacial score (nSPS) is 28.5. The van der Waals surface area contributed by atoms with Crippen molar-refractivity contribution in [2.75, 3.05) is 0 Å². The molecule has 32 heavy (non-hydrogen) atoms. The standard InChI is InChI=1S/C28H50O4/c29-25(27(31,21-13-5-1-6-14-21)22-15-7-2-8-16-22)26(30)28(32,23-17-9-3-10-18-23)24-19-11-4-12-20-24/h21-26,29-32H,1-20H2. The average Bonchev–Trinajstić information content (AvgIpc) is 2.89. The van der Waals surface area contributed by atoms with E-state index in [-0.39, 0.29) is 23.7 Å². The van der Waals surface area contributed by atoms with Crippen LogP contribution >= 0.6 is 0 Å². The molecule has 0 saturated heterocycles. The van der Waals surface area contributed by atoms with Crippen LogP contribution < -0.4 is 0 Å². The van der Waals surface area contributed by atoms with Crippen molar-refractivity contribution in [3.8, 4) is 0 Å². The summed E-state index contributed by atoms with van der Waals surface area (Å²) in [5, 5.41) is 48.4. The fourth-order valence-corrected chi connectivity index (χ4v) is 8.40. The van der Waals surface area contributed by atoms with Crippen molar-refractivity contribution in [3.63, 3.8) is 0 Å².